The van der Waals surface area contributed by atoms with Crippen LogP contribution in [0.4, 0.5) is 5.69 Å². The molecule has 6 nitrogen and oxygen atoms in total. The number of hydrogen-bond acceptors (Lipinski definition) is 5. The third-order valence-electron chi connectivity index (χ3n) is 3.75. The lowest BCUT2D eigenvalue weighted by Crippen LogP contribution is -2.29. The van der Waals surface area contributed by atoms with Crippen molar-refractivity contribution in [2.45, 2.75) is 6.92 Å². The van der Waals surface area contributed by atoms with Gasteiger partial charge in [0.2, 0.25) is 0 Å². The minimum atomic E-state index is -0.714. The standard InChI is InChI=1S/C18H12N2O4/c1-11-4-2-3-5-15(11)20-16(21)13-7-6-12(10-14(13)17(20)22)18(23)24-9-8-19/h2-7,10H,9H2,1H3. The van der Waals surface area contributed by atoms with Crippen LogP contribution in [0.3, 0.4) is 0 Å². The van der Waals surface area contributed by atoms with Crippen molar-refractivity contribution in [3.05, 3.63) is 64.7 Å². The number of nitriles is 1. The third-order valence-corrected chi connectivity index (χ3v) is 3.75. The van der Waals surface area contributed by atoms with Crippen LogP contribution in [-0.2, 0) is 4.74 Å². The van der Waals surface area contributed by atoms with Crippen LogP contribution in [0.25, 0.3) is 0 Å². The predicted octanol–water partition coefficient (Wildman–Crippen LogP) is 2.48. The first-order chi connectivity index (χ1) is 11.5. The summed E-state index contributed by atoms with van der Waals surface area (Å²) in [4.78, 5) is 38.1. The SMILES string of the molecule is Cc1ccccc1N1C(=O)c2ccc(C(=O)OCC#N)cc2C1=O. The van der Waals surface area contributed by atoms with Crippen LogP contribution in [0, 0.1) is 18.3 Å². The van der Waals surface area contributed by atoms with Gasteiger partial charge in [0, 0.05) is 0 Å². The number of carbonyl (C=O) groups excluding carboxylic acids is 3. The quantitative estimate of drug-likeness (QED) is 0.640. The van der Waals surface area contributed by atoms with Crippen molar-refractivity contribution in [2.24, 2.45) is 0 Å². The zero-order chi connectivity index (χ0) is 17.3. The van der Waals surface area contributed by atoms with Crippen LogP contribution in [0.2, 0.25) is 0 Å². The van der Waals surface area contributed by atoms with E-state index in [0.29, 0.717) is 5.69 Å². The Labute approximate surface area is 137 Å². The van der Waals surface area contributed by atoms with Crippen LogP contribution < -0.4 is 4.90 Å². The summed E-state index contributed by atoms with van der Waals surface area (Å²) in [5, 5.41) is 8.45. The number of carbonyl (C=O) groups is 3. The zero-order valence-corrected chi connectivity index (χ0v) is 12.8. The van der Waals surface area contributed by atoms with E-state index >= 15 is 0 Å². The maximum Gasteiger partial charge on any atom is 0.339 e. The number of anilines is 1. The van der Waals surface area contributed by atoms with E-state index in [0.717, 1.165) is 10.5 Å². The van der Waals surface area contributed by atoms with Crippen LogP contribution in [-0.4, -0.2) is 24.4 Å². The first kappa shape index (κ1) is 15.4. The monoisotopic (exact) mass is 320 g/mol. The maximum absolute atomic E-state index is 12.6. The molecule has 0 aliphatic carbocycles. The molecule has 1 aliphatic rings. The molecule has 0 spiro atoms. The molecule has 1 aliphatic heterocycles. The van der Waals surface area contributed by atoms with Gasteiger partial charge in [0.05, 0.1) is 22.4 Å². The predicted molar refractivity (Wildman–Crippen MR) is 84.7 cm³/mol. The van der Waals surface area contributed by atoms with Gasteiger partial charge in [0.15, 0.2) is 6.61 Å². The number of fused-ring (bicyclic) bond motifs is 1. The number of hydrogen-bond donors (Lipinski definition) is 0. The molecule has 6 heteroatoms. The Balaban J connectivity index is 1.99. The Bertz CT molecular complexity index is 911. The van der Waals surface area contributed by atoms with Gasteiger partial charge in [-0.05, 0) is 36.8 Å². The number of amides is 2. The molecule has 2 amide bonds. The van der Waals surface area contributed by atoms with Crippen molar-refractivity contribution in [2.75, 3.05) is 11.5 Å². The van der Waals surface area contributed by atoms with Crippen molar-refractivity contribution < 1.29 is 19.1 Å². The third kappa shape index (κ3) is 2.42. The number of imide groups is 1. The van der Waals surface area contributed by atoms with Gasteiger partial charge in [-0.25, -0.2) is 9.69 Å². The lowest BCUT2D eigenvalue weighted by molar-refractivity contribution is 0.0554. The molecule has 0 atom stereocenters. The van der Waals surface area contributed by atoms with Gasteiger partial charge in [0.1, 0.15) is 6.07 Å². The summed E-state index contributed by atoms with van der Waals surface area (Å²) in [5.74, 6) is -1.63. The molecule has 0 unspecified atom stereocenters. The second-order valence-electron chi connectivity index (χ2n) is 5.23. The molecule has 0 saturated heterocycles. The Morgan fingerprint density at radius 1 is 1.12 bits per heavy atom. The van der Waals surface area contributed by atoms with E-state index in [1.807, 2.05) is 19.1 Å². The molecule has 2 aromatic rings. The van der Waals surface area contributed by atoms with Crippen molar-refractivity contribution in [3.8, 4) is 6.07 Å². The second kappa shape index (κ2) is 5.97. The smallest absolute Gasteiger partial charge is 0.339 e. The molecule has 2 aromatic carbocycles. The van der Waals surface area contributed by atoms with E-state index in [2.05, 4.69) is 0 Å². The Kier molecular flexibility index (Phi) is 3.84. The fraction of sp³-hybridized carbons (Fsp3) is 0.111. The molecule has 0 saturated carbocycles. The fourth-order valence-corrected chi connectivity index (χ4v) is 2.58. The molecule has 3 rings (SSSR count). The minimum Gasteiger partial charge on any atom is -0.447 e. The summed E-state index contributed by atoms with van der Waals surface area (Å²) in [5.41, 5.74) is 1.81. The number of nitrogens with zero attached hydrogens (tertiary/aromatic N) is 2. The first-order valence-corrected chi connectivity index (χ1v) is 7.17. The molecule has 24 heavy (non-hydrogen) atoms. The van der Waals surface area contributed by atoms with E-state index in [1.54, 1.807) is 18.2 Å². The van der Waals surface area contributed by atoms with E-state index in [1.165, 1.54) is 18.2 Å². The Hall–Kier alpha value is -3.46. The topological polar surface area (TPSA) is 87.5 Å². The normalized spacial score (nSPS) is 12.8. The van der Waals surface area contributed by atoms with E-state index in [-0.39, 0.29) is 23.3 Å². The minimum absolute atomic E-state index is 0.122. The van der Waals surface area contributed by atoms with E-state index < -0.39 is 17.8 Å². The highest BCUT2D eigenvalue weighted by Gasteiger charge is 2.37. The van der Waals surface area contributed by atoms with Crippen LogP contribution in [0.5, 0.6) is 0 Å². The number of para-hydroxylation sites is 1. The Morgan fingerprint density at radius 3 is 2.54 bits per heavy atom. The van der Waals surface area contributed by atoms with Gasteiger partial charge in [0.25, 0.3) is 11.8 Å². The summed E-state index contributed by atoms with van der Waals surface area (Å²) in [6.45, 7) is 1.43. The average Bonchev–Trinajstić information content (AvgIpc) is 2.84. The second-order valence-corrected chi connectivity index (χ2v) is 5.23. The van der Waals surface area contributed by atoms with Crippen molar-refractivity contribution in [1.29, 1.82) is 5.26 Å². The lowest BCUT2D eigenvalue weighted by Gasteiger charge is -2.16. The summed E-state index contributed by atoms with van der Waals surface area (Å²) in [6.07, 6.45) is 0. The largest absolute Gasteiger partial charge is 0.447 e. The molecule has 0 fully saturated rings. The zero-order valence-electron chi connectivity index (χ0n) is 12.8. The summed E-state index contributed by atoms with van der Waals surface area (Å²) < 4.78 is 4.72. The number of esters is 1. The number of benzene rings is 2. The number of ether oxygens (including phenoxy) is 1. The highest BCUT2D eigenvalue weighted by Crippen LogP contribution is 2.31. The average molecular weight is 320 g/mol. The van der Waals surface area contributed by atoms with Crippen molar-refractivity contribution >= 4 is 23.5 Å². The van der Waals surface area contributed by atoms with Crippen LogP contribution in [0.15, 0.2) is 42.5 Å². The molecule has 0 aromatic heterocycles. The van der Waals surface area contributed by atoms with Crippen LogP contribution in [0.1, 0.15) is 36.6 Å². The number of aryl methyl sites for hydroxylation is 1. The highest BCUT2D eigenvalue weighted by molar-refractivity contribution is 6.34. The van der Waals surface area contributed by atoms with Gasteiger partial charge in [-0.1, -0.05) is 18.2 Å². The fourth-order valence-electron chi connectivity index (χ4n) is 2.58. The van der Waals surface area contributed by atoms with Gasteiger partial charge >= 0.3 is 5.97 Å². The maximum atomic E-state index is 12.6. The number of rotatable bonds is 3. The van der Waals surface area contributed by atoms with Crippen molar-refractivity contribution in [3.63, 3.8) is 0 Å². The van der Waals surface area contributed by atoms with Gasteiger partial charge in [-0.2, -0.15) is 5.26 Å². The van der Waals surface area contributed by atoms with Gasteiger partial charge < -0.3 is 4.74 Å². The highest BCUT2D eigenvalue weighted by atomic mass is 16.5. The van der Waals surface area contributed by atoms with E-state index in [4.69, 9.17) is 10.00 Å². The summed E-state index contributed by atoms with van der Waals surface area (Å²) >= 11 is 0. The molecule has 0 radical (unpaired) electrons. The van der Waals surface area contributed by atoms with Gasteiger partial charge in [-0.3, -0.25) is 9.59 Å². The first-order valence-electron chi connectivity index (χ1n) is 7.17. The molecular formula is C18H12N2O4. The molecule has 0 bridgehead atoms. The molecule has 118 valence electrons. The van der Waals surface area contributed by atoms with Crippen molar-refractivity contribution in [1.82, 2.24) is 0 Å². The molecular weight excluding hydrogens is 308 g/mol. The summed E-state index contributed by atoms with van der Waals surface area (Å²) in [6, 6.07) is 12.9. The van der Waals surface area contributed by atoms with Gasteiger partial charge in [-0.15, -0.1) is 0 Å². The van der Waals surface area contributed by atoms with E-state index in [9.17, 15) is 14.4 Å². The van der Waals surface area contributed by atoms with Crippen LogP contribution >= 0.6 is 0 Å². The lowest BCUT2D eigenvalue weighted by atomic mass is 10.1. The summed E-state index contributed by atoms with van der Waals surface area (Å²) in [7, 11) is 0. The Morgan fingerprint density at radius 2 is 1.83 bits per heavy atom. The molecule has 0 N–H and O–H groups in total. The molecule has 1 heterocycles.